The first-order chi connectivity index (χ1) is 13.1. The van der Waals surface area contributed by atoms with Crippen LogP contribution in [0.2, 0.25) is 0 Å². The molecule has 2 aromatic rings. The van der Waals surface area contributed by atoms with Gasteiger partial charge in [-0.3, -0.25) is 14.9 Å². The predicted octanol–water partition coefficient (Wildman–Crippen LogP) is 1.56. The molecule has 2 heterocycles. The number of benzene rings is 1. The lowest BCUT2D eigenvalue weighted by Gasteiger charge is -2.43. The van der Waals surface area contributed by atoms with Crippen LogP contribution in [-0.2, 0) is 11.8 Å². The van der Waals surface area contributed by atoms with E-state index in [1.807, 2.05) is 36.1 Å². The summed E-state index contributed by atoms with van der Waals surface area (Å²) in [5.74, 6) is 1.60. The molecule has 7 heteroatoms. The lowest BCUT2D eigenvalue weighted by molar-refractivity contribution is -0.133. The zero-order valence-electron chi connectivity index (χ0n) is 15.8. The molecule has 4 N–H and O–H groups in total. The number of nitrogens with two attached hydrogens (primary N) is 1. The minimum Gasteiger partial charge on any atom is -0.497 e. The molecule has 0 spiro atoms. The Morgan fingerprint density at radius 3 is 3.00 bits per heavy atom. The SMILES string of the molecule is COc1cccc(-c2c(C3CCC4C(=O)NNC(CN)C4C3)cnn2C)c1. The summed E-state index contributed by atoms with van der Waals surface area (Å²) in [5.41, 5.74) is 15.3. The monoisotopic (exact) mass is 369 g/mol. The fourth-order valence-corrected chi connectivity index (χ4v) is 4.73. The van der Waals surface area contributed by atoms with Crippen LogP contribution in [0, 0.1) is 11.8 Å². The fourth-order valence-electron chi connectivity index (χ4n) is 4.73. The molecule has 1 aromatic heterocycles. The number of aromatic nitrogens is 2. The Morgan fingerprint density at radius 1 is 1.37 bits per heavy atom. The molecule has 7 nitrogen and oxygen atoms in total. The summed E-state index contributed by atoms with van der Waals surface area (Å²) in [6.45, 7) is 0.518. The number of carbonyl (C=O) groups is 1. The highest BCUT2D eigenvalue weighted by Crippen LogP contribution is 2.44. The molecule has 4 unspecified atom stereocenters. The number of hydrazine groups is 1. The first kappa shape index (κ1) is 18.0. The lowest BCUT2D eigenvalue weighted by atomic mass is 9.68. The first-order valence-corrected chi connectivity index (χ1v) is 9.54. The van der Waals surface area contributed by atoms with Crippen molar-refractivity contribution in [2.24, 2.45) is 24.6 Å². The highest BCUT2D eigenvalue weighted by molar-refractivity contribution is 5.79. The summed E-state index contributed by atoms with van der Waals surface area (Å²) in [7, 11) is 3.65. The average molecular weight is 369 g/mol. The average Bonchev–Trinajstić information content (AvgIpc) is 3.09. The highest BCUT2D eigenvalue weighted by atomic mass is 16.5. The van der Waals surface area contributed by atoms with E-state index >= 15 is 0 Å². The molecule has 27 heavy (non-hydrogen) atoms. The number of ether oxygens (including phenoxy) is 1. The van der Waals surface area contributed by atoms with Gasteiger partial charge in [-0.15, -0.1) is 0 Å². The number of hydrogen-bond acceptors (Lipinski definition) is 5. The van der Waals surface area contributed by atoms with E-state index in [9.17, 15) is 4.79 Å². The molecule has 2 fully saturated rings. The van der Waals surface area contributed by atoms with E-state index in [-0.39, 0.29) is 23.8 Å². The van der Waals surface area contributed by atoms with Crippen molar-refractivity contribution in [2.45, 2.75) is 31.2 Å². The molecular formula is C20H27N5O2. The van der Waals surface area contributed by atoms with E-state index in [2.05, 4.69) is 22.0 Å². The van der Waals surface area contributed by atoms with Gasteiger partial charge in [0, 0.05) is 36.7 Å². The maximum atomic E-state index is 12.3. The van der Waals surface area contributed by atoms with Crippen molar-refractivity contribution in [1.82, 2.24) is 20.6 Å². The van der Waals surface area contributed by atoms with Gasteiger partial charge in [-0.25, -0.2) is 5.43 Å². The maximum Gasteiger partial charge on any atom is 0.237 e. The number of fused-ring (bicyclic) bond motifs is 1. The normalized spacial score (nSPS) is 27.7. The topological polar surface area (TPSA) is 94.2 Å². The van der Waals surface area contributed by atoms with Crippen LogP contribution in [0.4, 0.5) is 0 Å². The van der Waals surface area contributed by atoms with Crippen molar-refractivity contribution in [3.05, 3.63) is 36.0 Å². The van der Waals surface area contributed by atoms with Gasteiger partial charge in [-0.1, -0.05) is 12.1 Å². The van der Waals surface area contributed by atoms with Gasteiger partial charge < -0.3 is 10.5 Å². The number of amides is 1. The van der Waals surface area contributed by atoms with Crippen LogP contribution in [0.15, 0.2) is 30.5 Å². The molecule has 144 valence electrons. The molecule has 1 amide bonds. The van der Waals surface area contributed by atoms with Crippen molar-refractivity contribution >= 4 is 5.91 Å². The number of carbonyl (C=O) groups excluding carboxylic acids is 1. The van der Waals surface area contributed by atoms with Crippen LogP contribution in [0.1, 0.15) is 30.7 Å². The number of nitrogens with zero attached hydrogens (tertiary/aromatic N) is 2. The van der Waals surface area contributed by atoms with E-state index in [1.165, 1.54) is 5.56 Å². The van der Waals surface area contributed by atoms with Crippen molar-refractivity contribution in [2.75, 3.05) is 13.7 Å². The van der Waals surface area contributed by atoms with E-state index < -0.39 is 0 Å². The van der Waals surface area contributed by atoms with Crippen molar-refractivity contribution < 1.29 is 9.53 Å². The third-order valence-electron chi connectivity index (χ3n) is 6.14. The molecule has 1 aromatic carbocycles. The molecule has 0 radical (unpaired) electrons. The van der Waals surface area contributed by atoms with Crippen LogP contribution in [0.5, 0.6) is 5.75 Å². The summed E-state index contributed by atoms with van der Waals surface area (Å²) in [5, 5.41) is 4.54. The van der Waals surface area contributed by atoms with Gasteiger partial charge in [-0.2, -0.15) is 5.10 Å². The minimum absolute atomic E-state index is 0.0491. The Balaban J connectivity index is 1.66. The molecule has 1 saturated heterocycles. The summed E-state index contributed by atoms with van der Waals surface area (Å²) in [6, 6.07) is 8.20. The second-order valence-corrected chi connectivity index (χ2v) is 7.56. The first-order valence-electron chi connectivity index (χ1n) is 9.54. The Morgan fingerprint density at radius 2 is 2.22 bits per heavy atom. The third-order valence-corrected chi connectivity index (χ3v) is 6.14. The molecule has 1 aliphatic heterocycles. The van der Waals surface area contributed by atoms with Crippen molar-refractivity contribution in [3.8, 4) is 17.0 Å². The summed E-state index contributed by atoms with van der Waals surface area (Å²) in [4.78, 5) is 12.3. The van der Waals surface area contributed by atoms with Crippen LogP contribution in [0.25, 0.3) is 11.3 Å². The van der Waals surface area contributed by atoms with Gasteiger partial charge in [0.05, 0.1) is 19.0 Å². The molecule has 2 aliphatic rings. The number of rotatable bonds is 4. The standard InChI is InChI=1S/C20H27N5O2/c1-25-19(13-4-3-5-14(8-13)27-2)17(11-22-25)12-6-7-15-16(9-12)18(10-21)23-24-20(15)26/h3-5,8,11-12,15-16,18,23H,6-7,9-10,21H2,1-2H3,(H,24,26). The third kappa shape index (κ3) is 3.21. The van der Waals surface area contributed by atoms with Gasteiger partial charge >= 0.3 is 0 Å². The zero-order valence-corrected chi connectivity index (χ0v) is 15.8. The largest absolute Gasteiger partial charge is 0.497 e. The molecular weight excluding hydrogens is 342 g/mol. The van der Waals surface area contributed by atoms with Gasteiger partial charge in [0.25, 0.3) is 0 Å². The number of nitrogens with one attached hydrogen (secondary N) is 2. The number of methoxy groups -OCH3 is 1. The minimum atomic E-state index is 0.0491. The highest BCUT2D eigenvalue weighted by Gasteiger charge is 2.43. The lowest BCUT2D eigenvalue weighted by Crippen LogP contribution is -2.62. The maximum absolute atomic E-state index is 12.3. The molecule has 4 rings (SSSR count). The zero-order chi connectivity index (χ0) is 19.0. The quantitative estimate of drug-likeness (QED) is 0.760. The van der Waals surface area contributed by atoms with Crippen molar-refractivity contribution in [3.63, 3.8) is 0 Å². The van der Waals surface area contributed by atoms with Gasteiger partial charge in [-0.05, 0) is 43.2 Å². The van der Waals surface area contributed by atoms with Gasteiger partial charge in [0.15, 0.2) is 0 Å². The molecule has 1 aliphatic carbocycles. The summed E-state index contributed by atoms with van der Waals surface area (Å²) in [6.07, 6.45) is 4.78. The van der Waals surface area contributed by atoms with Crippen LogP contribution in [0.3, 0.4) is 0 Å². The molecule has 0 bridgehead atoms. The van der Waals surface area contributed by atoms with Crippen LogP contribution < -0.4 is 21.3 Å². The second-order valence-electron chi connectivity index (χ2n) is 7.56. The number of hydrogen-bond donors (Lipinski definition) is 3. The second kappa shape index (κ2) is 7.32. The van der Waals surface area contributed by atoms with E-state index in [0.29, 0.717) is 12.5 Å². The van der Waals surface area contributed by atoms with Crippen molar-refractivity contribution in [1.29, 1.82) is 0 Å². The predicted molar refractivity (Wildman–Crippen MR) is 103 cm³/mol. The van der Waals surface area contributed by atoms with Crippen LogP contribution in [-0.4, -0.2) is 35.4 Å². The van der Waals surface area contributed by atoms with E-state index in [4.69, 9.17) is 10.5 Å². The van der Waals surface area contributed by atoms with E-state index in [1.54, 1.807) is 7.11 Å². The molecule has 4 atom stereocenters. The van der Waals surface area contributed by atoms with Crippen LogP contribution >= 0.6 is 0 Å². The molecule has 1 saturated carbocycles. The summed E-state index contributed by atoms with van der Waals surface area (Å²) >= 11 is 0. The van der Waals surface area contributed by atoms with Gasteiger partial charge in [0.1, 0.15) is 5.75 Å². The van der Waals surface area contributed by atoms with E-state index in [0.717, 1.165) is 36.3 Å². The summed E-state index contributed by atoms with van der Waals surface area (Å²) < 4.78 is 7.33. The number of aryl methyl sites for hydroxylation is 1. The Kier molecular flexibility index (Phi) is 4.88. The Labute approximate surface area is 159 Å². The fraction of sp³-hybridized carbons (Fsp3) is 0.500. The Hall–Kier alpha value is -2.38. The Bertz CT molecular complexity index is 834. The van der Waals surface area contributed by atoms with Gasteiger partial charge in [0.2, 0.25) is 5.91 Å². The smallest absolute Gasteiger partial charge is 0.237 e.